The molecule has 1 fully saturated rings. The molecule has 3 aromatic rings. The highest BCUT2D eigenvalue weighted by Gasteiger charge is 2.24. The van der Waals surface area contributed by atoms with Gasteiger partial charge >= 0.3 is 0 Å². The zero-order valence-corrected chi connectivity index (χ0v) is 14.9. The lowest BCUT2D eigenvalue weighted by Gasteiger charge is -2.34. The van der Waals surface area contributed by atoms with E-state index in [0.29, 0.717) is 13.1 Å². The maximum Gasteiger partial charge on any atom is 0.237 e. The van der Waals surface area contributed by atoms with Crippen molar-refractivity contribution in [3.05, 3.63) is 65.9 Å². The average molecular weight is 349 g/mol. The minimum atomic E-state index is 0.182. The molecule has 0 bridgehead atoms. The Hall–Kier alpha value is -2.79. The molecule has 0 radical (unpaired) electrons. The highest BCUT2D eigenvalue weighted by Crippen LogP contribution is 2.18. The third-order valence-electron chi connectivity index (χ3n) is 4.93. The van der Waals surface area contributed by atoms with Gasteiger partial charge in [0.05, 0.1) is 13.7 Å². The summed E-state index contributed by atoms with van der Waals surface area (Å²) in [4.78, 5) is 19.9. The van der Waals surface area contributed by atoms with E-state index in [1.54, 1.807) is 7.11 Å². The number of carbonyl (C=O) groups excluding carboxylic acids is 1. The number of hydrogen-bond acceptors (Lipinski definition) is 3. The number of carbonyl (C=O) groups is 1. The Kier molecular flexibility index (Phi) is 4.63. The molecule has 5 heteroatoms. The van der Waals surface area contributed by atoms with Crippen LogP contribution in [0.5, 0.6) is 5.75 Å². The van der Waals surface area contributed by atoms with Crippen molar-refractivity contribution in [2.75, 3.05) is 26.7 Å². The fourth-order valence-electron chi connectivity index (χ4n) is 3.51. The highest BCUT2D eigenvalue weighted by molar-refractivity contribution is 5.80. The van der Waals surface area contributed by atoms with Crippen molar-refractivity contribution in [3.8, 4) is 5.75 Å². The molecular formula is C21H23N3O2. The molecule has 4 rings (SSSR count). The maximum atomic E-state index is 12.6. The maximum absolute atomic E-state index is 12.6. The summed E-state index contributed by atoms with van der Waals surface area (Å²) in [5.41, 5.74) is 3.49. The second-order valence-corrected chi connectivity index (χ2v) is 6.78. The van der Waals surface area contributed by atoms with Gasteiger partial charge in [0.15, 0.2) is 0 Å². The number of aromatic amines is 1. The molecule has 1 amide bonds. The molecule has 1 saturated heterocycles. The van der Waals surface area contributed by atoms with Gasteiger partial charge in [-0.3, -0.25) is 9.69 Å². The average Bonchev–Trinajstić information content (AvgIpc) is 3.12. The van der Waals surface area contributed by atoms with Crippen LogP contribution >= 0.6 is 0 Å². The molecule has 2 aromatic carbocycles. The number of rotatable bonds is 5. The van der Waals surface area contributed by atoms with E-state index in [0.717, 1.165) is 36.5 Å². The Morgan fingerprint density at radius 1 is 1.04 bits per heavy atom. The number of methoxy groups -OCH3 is 1. The van der Waals surface area contributed by atoms with Gasteiger partial charge < -0.3 is 14.6 Å². The summed E-state index contributed by atoms with van der Waals surface area (Å²) in [6, 6.07) is 16.4. The van der Waals surface area contributed by atoms with E-state index < -0.39 is 0 Å². The van der Waals surface area contributed by atoms with Crippen LogP contribution in [0.25, 0.3) is 10.9 Å². The second kappa shape index (κ2) is 7.22. The van der Waals surface area contributed by atoms with Crippen LogP contribution in [0.3, 0.4) is 0 Å². The van der Waals surface area contributed by atoms with Crippen LogP contribution in [0.2, 0.25) is 0 Å². The lowest BCUT2D eigenvalue weighted by Crippen LogP contribution is -2.49. The van der Waals surface area contributed by atoms with Gasteiger partial charge in [0.1, 0.15) is 5.75 Å². The summed E-state index contributed by atoms with van der Waals surface area (Å²) in [6.07, 6.45) is 1.95. The van der Waals surface area contributed by atoms with Crippen molar-refractivity contribution < 1.29 is 9.53 Å². The Morgan fingerprint density at radius 3 is 2.77 bits per heavy atom. The van der Waals surface area contributed by atoms with Crippen molar-refractivity contribution in [2.24, 2.45) is 0 Å². The van der Waals surface area contributed by atoms with E-state index in [9.17, 15) is 4.79 Å². The Balaban J connectivity index is 1.37. The first-order valence-electron chi connectivity index (χ1n) is 8.90. The van der Waals surface area contributed by atoms with E-state index in [4.69, 9.17) is 4.74 Å². The third-order valence-corrected chi connectivity index (χ3v) is 4.93. The number of benzene rings is 2. The zero-order valence-electron chi connectivity index (χ0n) is 14.9. The molecule has 0 unspecified atom stereocenters. The van der Waals surface area contributed by atoms with E-state index >= 15 is 0 Å². The SMILES string of the molecule is COc1cccc(CN2CCN(Cc3ccc4[nH]ccc4c3)CC2=O)c1. The molecule has 1 aromatic heterocycles. The number of aromatic nitrogens is 1. The third kappa shape index (κ3) is 3.58. The predicted octanol–water partition coefficient (Wildman–Crippen LogP) is 3.02. The molecule has 1 N–H and O–H groups in total. The smallest absolute Gasteiger partial charge is 0.237 e. The standard InChI is InChI=1S/C21H23N3O2/c1-26-19-4-2-3-16(12-19)14-24-10-9-23(15-21(24)25)13-17-5-6-20-18(11-17)7-8-22-20/h2-8,11-12,22H,9-10,13-15H2,1H3. The van der Waals surface area contributed by atoms with Gasteiger partial charge in [-0.05, 0) is 46.8 Å². The van der Waals surface area contributed by atoms with Gasteiger partial charge in [-0.2, -0.15) is 0 Å². The molecule has 0 saturated carbocycles. The number of fused-ring (bicyclic) bond motifs is 1. The van der Waals surface area contributed by atoms with Crippen LogP contribution in [-0.2, 0) is 17.9 Å². The second-order valence-electron chi connectivity index (χ2n) is 6.78. The first-order valence-corrected chi connectivity index (χ1v) is 8.90. The molecule has 2 heterocycles. The molecule has 26 heavy (non-hydrogen) atoms. The normalized spacial score (nSPS) is 15.6. The molecule has 0 spiro atoms. The van der Waals surface area contributed by atoms with Crippen molar-refractivity contribution >= 4 is 16.8 Å². The Bertz CT molecular complexity index is 918. The molecule has 0 atom stereocenters. The zero-order chi connectivity index (χ0) is 17.9. The minimum Gasteiger partial charge on any atom is -0.497 e. The van der Waals surface area contributed by atoms with Crippen molar-refractivity contribution in [1.82, 2.24) is 14.8 Å². The van der Waals surface area contributed by atoms with Crippen LogP contribution in [-0.4, -0.2) is 47.4 Å². The summed E-state index contributed by atoms with van der Waals surface area (Å²) in [5, 5.41) is 1.21. The molecule has 0 aliphatic carbocycles. The van der Waals surface area contributed by atoms with Crippen molar-refractivity contribution in [3.63, 3.8) is 0 Å². The number of nitrogens with one attached hydrogen (secondary N) is 1. The number of H-pyrrole nitrogens is 1. The summed E-state index contributed by atoms with van der Waals surface area (Å²) < 4.78 is 5.27. The largest absolute Gasteiger partial charge is 0.497 e. The fourth-order valence-corrected chi connectivity index (χ4v) is 3.51. The minimum absolute atomic E-state index is 0.182. The van der Waals surface area contributed by atoms with Crippen LogP contribution in [0.15, 0.2) is 54.7 Å². The summed E-state index contributed by atoms with van der Waals surface area (Å²) in [7, 11) is 1.66. The quantitative estimate of drug-likeness (QED) is 0.770. The van der Waals surface area contributed by atoms with Crippen molar-refractivity contribution in [2.45, 2.75) is 13.1 Å². The van der Waals surface area contributed by atoms with Gasteiger partial charge in [-0.25, -0.2) is 0 Å². The van der Waals surface area contributed by atoms with Gasteiger partial charge in [-0.15, -0.1) is 0 Å². The summed E-state index contributed by atoms with van der Waals surface area (Å²) in [6.45, 7) is 3.55. The van der Waals surface area contributed by atoms with Gasteiger partial charge in [0.25, 0.3) is 0 Å². The first kappa shape index (κ1) is 16.7. The number of ether oxygens (including phenoxy) is 1. The Labute approximate surface area is 153 Å². The molecular weight excluding hydrogens is 326 g/mol. The number of hydrogen-bond donors (Lipinski definition) is 1. The predicted molar refractivity (Wildman–Crippen MR) is 102 cm³/mol. The number of piperazine rings is 1. The fraction of sp³-hybridized carbons (Fsp3) is 0.286. The molecule has 134 valence electrons. The van der Waals surface area contributed by atoms with Gasteiger partial charge in [0, 0.05) is 37.9 Å². The molecule has 5 nitrogen and oxygen atoms in total. The van der Waals surface area contributed by atoms with Gasteiger partial charge in [-0.1, -0.05) is 18.2 Å². The molecule has 1 aliphatic rings. The monoisotopic (exact) mass is 349 g/mol. The van der Waals surface area contributed by atoms with E-state index in [1.165, 1.54) is 10.9 Å². The number of nitrogens with zero attached hydrogens (tertiary/aromatic N) is 2. The first-order chi connectivity index (χ1) is 12.7. The molecule has 1 aliphatic heterocycles. The Morgan fingerprint density at radius 2 is 1.92 bits per heavy atom. The topological polar surface area (TPSA) is 48.6 Å². The van der Waals surface area contributed by atoms with Crippen LogP contribution < -0.4 is 4.74 Å². The summed E-state index contributed by atoms with van der Waals surface area (Å²) in [5.74, 6) is 1.01. The van der Waals surface area contributed by atoms with E-state index in [-0.39, 0.29) is 5.91 Å². The lowest BCUT2D eigenvalue weighted by molar-refractivity contribution is -0.136. The lowest BCUT2D eigenvalue weighted by atomic mass is 10.1. The van der Waals surface area contributed by atoms with Crippen LogP contribution in [0.1, 0.15) is 11.1 Å². The van der Waals surface area contributed by atoms with E-state index in [1.807, 2.05) is 35.4 Å². The summed E-state index contributed by atoms with van der Waals surface area (Å²) >= 11 is 0. The van der Waals surface area contributed by atoms with E-state index in [2.05, 4.69) is 34.1 Å². The number of amides is 1. The van der Waals surface area contributed by atoms with Gasteiger partial charge in [0.2, 0.25) is 5.91 Å². The highest BCUT2D eigenvalue weighted by atomic mass is 16.5. The van der Waals surface area contributed by atoms with Crippen molar-refractivity contribution in [1.29, 1.82) is 0 Å². The van der Waals surface area contributed by atoms with Crippen LogP contribution in [0, 0.1) is 0 Å². The van der Waals surface area contributed by atoms with Crippen LogP contribution in [0.4, 0.5) is 0 Å².